The third-order valence-corrected chi connectivity index (χ3v) is 4.30. The molecule has 0 saturated heterocycles. The number of nitrogens with two attached hydrogens (primary N) is 1. The molecule has 6 nitrogen and oxygen atoms in total. The van der Waals surface area contributed by atoms with E-state index in [2.05, 4.69) is 15.3 Å². The Kier molecular flexibility index (Phi) is 5.88. The molecule has 0 bridgehead atoms. The van der Waals surface area contributed by atoms with Crippen LogP contribution in [-0.4, -0.2) is 34.1 Å². The number of amides is 1. The monoisotopic (exact) mass is 382 g/mol. The summed E-state index contributed by atoms with van der Waals surface area (Å²) in [6.07, 6.45) is 2.23. The van der Waals surface area contributed by atoms with Gasteiger partial charge >= 0.3 is 0 Å². The molecule has 0 atom stereocenters. The van der Waals surface area contributed by atoms with Crippen LogP contribution in [0.4, 0.5) is 5.82 Å². The molecule has 138 valence electrons. The van der Waals surface area contributed by atoms with Gasteiger partial charge in [-0.2, -0.15) is 0 Å². The van der Waals surface area contributed by atoms with E-state index in [1.807, 2.05) is 6.07 Å². The number of carbonyl (C=O) groups is 2. The van der Waals surface area contributed by atoms with Crippen molar-refractivity contribution >= 4 is 29.1 Å². The Morgan fingerprint density at radius 3 is 2.52 bits per heavy atom. The fraction of sp³-hybridized carbons (Fsp3) is 0.150. The Labute approximate surface area is 161 Å². The highest BCUT2D eigenvalue weighted by atomic mass is 35.5. The van der Waals surface area contributed by atoms with Gasteiger partial charge in [0.05, 0.1) is 17.0 Å². The smallest absolute Gasteiger partial charge is 0.255 e. The number of aromatic amines is 1. The number of hydrogen-bond acceptors (Lipinski definition) is 4. The van der Waals surface area contributed by atoms with Gasteiger partial charge in [-0.3, -0.25) is 14.6 Å². The van der Waals surface area contributed by atoms with Crippen LogP contribution in [-0.2, 0) is 0 Å². The van der Waals surface area contributed by atoms with Gasteiger partial charge in [-0.15, -0.1) is 11.6 Å². The predicted octanol–water partition coefficient (Wildman–Crippen LogP) is 3.25. The van der Waals surface area contributed by atoms with Crippen molar-refractivity contribution in [1.29, 1.82) is 0 Å². The zero-order valence-electron chi connectivity index (χ0n) is 14.5. The molecule has 0 aliphatic heterocycles. The SMILES string of the molecule is Nc1[nH]c(C(=O)c2ccccc2)c(-c2ccccn2)c1C(=O)NCCCCl. The maximum Gasteiger partial charge on any atom is 0.255 e. The quantitative estimate of drug-likeness (QED) is 0.331. The van der Waals surface area contributed by atoms with E-state index < -0.39 is 0 Å². The Morgan fingerprint density at radius 1 is 1.11 bits per heavy atom. The topological polar surface area (TPSA) is 101 Å². The van der Waals surface area contributed by atoms with Crippen molar-refractivity contribution in [3.63, 3.8) is 0 Å². The number of halogens is 1. The van der Waals surface area contributed by atoms with Crippen molar-refractivity contribution in [3.8, 4) is 11.3 Å². The lowest BCUT2D eigenvalue weighted by molar-refractivity contribution is 0.0955. The molecule has 2 heterocycles. The number of hydrogen-bond donors (Lipinski definition) is 3. The van der Waals surface area contributed by atoms with Crippen LogP contribution in [0.15, 0.2) is 54.7 Å². The van der Waals surface area contributed by atoms with Crippen LogP contribution in [0.1, 0.15) is 32.8 Å². The van der Waals surface area contributed by atoms with E-state index in [1.165, 1.54) is 0 Å². The third-order valence-electron chi connectivity index (χ3n) is 4.04. The minimum absolute atomic E-state index is 0.123. The van der Waals surface area contributed by atoms with Gasteiger partial charge in [0, 0.05) is 29.7 Å². The molecule has 0 fully saturated rings. The number of alkyl halides is 1. The van der Waals surface area contributed by atoms with E-state index in [4.69, 9.17) is 17.3 Å². The first-order chi connectivity index (χ1) is 13.1. The molecule has 27 heavy (non-hydrogen) atoms. The summed E-state index contributed by atoms with van der Waals surface area (Å²) in [5.74, 6) is -0.0732. The molecule has 0 radical (unpaired) electrons. The van der Waals surface area contributed by atoms with E-state index in [-0.39, 0.29) is 28.8 Å². The van der Waals surface area contributed by atoms with Crippen LogP contribution in [0.2, 0.25) is 0 Å². The fourth-order valence-corrected chi connectivity index (χ4v) is 2.92. The lowest BCUT2D eigenvalue weighted by Gasteiger charge is -2.08. The van der Waals surface area contributed by atoms with Crippen molar-refractivity contribution in [1.82, 2.24) is 15.3 Å². The number of benzene rings is 1. The zero-order chi connectivity index (χ0) is 19.2. The van der Waals surface area contributed by atoms with Gasteiger partial charge in [-0.1, -0.05) is 36.4 Å². The lowest BCUT2D eigenvalue weighted by Crippen LogP contribution is -2.25. The minimum atomic E-state index is -0.373. The molecule has 0 aliphatic carbocycles. The maximum atomic E-state index is 13.0. The Bertz CT molecular complexity index is 939. The fourth-order valence-electron chi connectivity index (χ4n) is 2.78. The third kappa shape index (κ3) is 4.01. The molecule has 1 aromatic carbocycles. The highest BCUT2D eigenvalue weighted by Gasteiger charge is 2.27. The second-order valence-electron chi connectivity index (χ2n) is 5.87. The van der Waals surface area contributed by atoms with Gasteiger partial charge in [0.2, 0.25) is 5.78 Å². The maximum absolute atomic E-state index is 13.0. The number of carbonyl (C=O) groups excluding carboxylic acids is 2. The molecule has 0 saturated carbocycles. The summed E-state index contributed by atoms with van der Waals surface area (Å²) < 4.78 is 0. The first-order valence-corrected chi connectivity index (χ1v) is 9.03. The van der Waals surface area contributed by atoms with Gasteiger partial charge in [-0.05, 0) is 18.6 Å². The normalized spacial score (nSPS) is 10.6. The standard InChI is InChI=1S/C20H19ClN4O2/c21-10-6-12-24-20(27)16-15(14-9-4-5-11-23-14)17(25-19(16)22)18(26)13-7-2-1-3-8-13/h1-5,7-9,11,25H,6,10,12,22H2,(H,24,27). The van der Waals surface area contributed by atoms with Crippen molar-refractivity contribution in [2.45, 2.75) is 6.42 Å². The lowest BCUT2D eigenvalue weighted by atomic mass is 9.99. The number of nitrogen functional groups attached to an aromatic ring is 1. The molecule has 3 aromatic rings. The summed E-state index contributed by atoms with van der Waals surface area (Å²) in [7, 11) is 0. The number of anilines is 1. The van der Waals surface area contributed by atoms with Gasteiger partial charge in [0.25, 0.3) is 5.91 Å². The number of aromatic nitrogens is 2. The summed E-state index contributed by atoms with van der Waals surface area (Å²) in [5, 5.41) is 2.78. The van der Waals surface area contributed by atoms with E-state index in [0.29, 0.717) is 35.7 Å². The summed E-state index contributed by atoms with van der Waals surface area (Å²) in [5.41, 5.74) is 7.90. The molecule has 3 rings (SSSR count). The second kappa shape index (κ2) is 8.51. The number of H-pyrrole nitrogens is 1. The van der Waals surface area contributed by atoms with Crippen LogP contribution < -0.4 is 11.1 Å². The van der Waals surface area contributed by atoms with Gasteiger partial charge in [-0.25, -0.2) is 0 Å². The van der Waals surface area contributed by atoms with E-state index in [0.717, 1.165) is 0 Å². The number of nitrogens with zero attached hydrogens (tertiary/aromatic N) is 1. The minimum Gasteiger partial charge on any atom is -0.385 e. The van der Waals surface area contributed by atoms with Gasteiger partial charge in [0.1, 0.15) is 5.82 Å². The van der Waals surface area contributed by atoms with Crippen LogP contribution in [0.3, 0.4) is 0 Å². The van der Waals surface area contributed by atoms with Gasteiger partial charge in [0.15, 0.2) is 0 Å². The summed E-state index contributed by atoms with van der Waals surface area (Å²) in [6, 6.07) is 14.1. The molecule has 0 spiro atoms. The molecule has 4 N–H and O–H groups in total. The molecule has 0 unspecified atom stereocenters. The predicted molar refractivity (Wildman–Crippen MR) is 106 cm³/mol. The Morgan fingerprint density at radius 2 is 1.85 bits per heavy atom. The average Bonchev–Trinajstić information content (AvgIpc) is 3.06. The molecule has 2 aromatic heterocycles. The molecule has 1 amide bonds. The molecule has 7 heteroatoms. The Hall–Kier alpha value is -3.12. The van der Waals surface area contributed by atoms with Crippen molar-refractivity contribution < 1.29 is 9.59 Å². The van der Waals surface area contributed by atoms with Crippen molar-refractivity contribution in [3.05, 3.63) is 71.5 Å². The van der Waals surface area contributed by atoms with Crippen LogP contribution in [0, 0.1) is 0 Å². The van der Waals surface area contributed by atoms with Crippen LogP contribution in [0.25, 0.3) is 11.3 Å². The molecule has 0 aliphatic rings. The molecular formula is C20H19ClN4O2. The van der Waals surface area contributed by atoms with Crippen molar-refractivity contribution in [2.24, 2.45) is 0 Å². The first kappa shape index (κ1) is 18.7. The number of pyridine rings is 1. The summed E-state index contributed by atoms with van der Waals surface area (Å²) >= 11 is 5.67. The van der Waals surface area contributed by atoms with E-state index in [9.17, 15) is 9.59 Å². The summed E-state index contributed by atoms with van der Waals surface area (Å²) in [6.45, 7) is 0.413. The second-order valence-corrected chi connectivity index (χ2v) is 6.25. The highest BCUT2D eigenvalue weighted by Crippen LogP contribution is 2.32. The first-order valence-electron chi connectivity index (χ1n) is 8.50. The van der Waals surface area contributed by atoms with Crippen LogP contribution in [0.5, 0.6) is 0 Å². The number of rotatable bonds is 7. The van der Waals surface area contributed by atoms with E-state index >= 15 is 0 Å². The highest BCUT2D eigenvalue weighted by molar-refractivity contribution is 6.18. The average molecular weight is 383 g/mol. The summed E-state index contributed by atoms with van der Waals surface area (Å²) in [4.78, 5) is 32.9. The van der Waals surface area contributed by atoms with Crippen LogP contribution >= 0.6 is 11.6 Å². The van der Waals surface area contributed by atoms with Crippen molar-refractivity contribution in [2.75, 3.05) is 18.2 Å². The van der Waals surface area contributed by atoms with Gasteiger partial charge < -0.3 is 16.0 Å². The van der Waals surface area contributed by atoms with E-state index in [1.54, 1.807) is 48.7 Å². The number of nitrogens with one attached hydrogen (secondary N) is 2. The number of ketones is 1. The largest absolute Gasteiger partial charge is 0.385 e. The zero-order valence-corrected chi connectivity index (χ0v) is 15.3. The molecular weight excluding hydrogens is 364 g/mol. The Balaban J connectivity index is 2.10.